The van der Waals surface area contributed by atoms with Crippen LogP contribution in [0.25, 0.3) is 16.9 Å². The second kappa shape index (κ2) is 8.99. The molecule has 10 heteroatoms. The van der Waals surface area contributed by atoms with Crippen LogP contribution in [0.3, 0.4) is 0 Å². The standard InChI is InChI=1S/C24H19FN6O3/c1-14-8-18(30(2)23(32)15-4-5-16(10-26)19(25)9-15)13-31-20(12-28-22(14)31)17-6-7-21(27-11-17)29-24(33)34-3/h4-9,11-13H,1-3H3,(H,27,29,33). The number of nitrogens with one attached hydrogen (secondary N) is 1. The fourth-order valence-electron chi connectivity index (χ4n) is 3.46. The number of aromatic nitrogens is 3. The molecule has 1 aromatic carbocycles. The molecular weight excluding hydrogens is 439 g/mol. The van der Waals surface area contributed by atoms with Crippen molar-refractivity contribution in [1.29, 1.82) is 5.26 Å². The summed E-state index contributed by atoms with van der Waals surface area (Å²) in [7, 11) is 2.85. The number of pyridine rings is 2. The summed E-state index contributed by atoms with van der Waals surface area (Å²) in [5.74, 6) is -0.840. The Morgan fingerprint density at radius 3 is 2.62 bits per heavy atom. The Morgan fingerprint density at radius 1 is 1.18 bits per heavy atom. The number of carbonyl (C=O) groups is 2. The number of hydrogen-bond donors (Lipinski definition) is 1. The second-order valence-corrected chi connectivity index (χ2v) is 7.44. The van der Waals surface area contributed by atoms with Crippen LogP contribution < -0.4 is 10.2 Å². The van der Waals surface area contributed by atoms with Gasteiger partial charge >= 0.3 is 6.09 Å². The summed E-state index contributed by atoms with van der Waals surface area (Å²) in [6.07, 6.45) is 4.41. The minimum absolute atomic E-state index is 0.124. The third kappa shape index (κ3) is 4.14. The molecule has 0 saturated heterocycles. The van der Waals surface area contributed by atoms with E-state index in [1.807, 2.05) is 17.4 Å². The molecule has 1 N–H and O–H groups in total. The molecule has 2 amide bonds. The molecule has 0 radical (unpaired) electrons. The highest BCUT2D eigenvalue weighted by molar-refractivity contribution is 6.05. The van der Waals surface area contributed by atoms with Crippen molar-refractivity contribution in [1.82, 2.24) is 14.4 Å². The topological polar surface area (TPSA) is 113 Å². The number of aryl methyl sites for hydroxylation is 1. The average molecular weight is 458 g/mol. The van der Waals surface area contributed by atoms with Crippen LogP contribution in [-0.2, 0) is 4.74 Å². The lowest BCUT2D eigenvalue weighted by atomic mass is 10.1. The Bertz CT molecular complexity index is 1460. The van der Waals surface area contributed by atoms with E-state index in [0.29, 0.717) is 17.2 Å². The summed E-state index contributed by atoms with van der Waals surface area (Å²) >= 11 is 0. The summed E-state index contributed by atoms with van der Waals surface area (Å²) in [6, 6.07) is 10.7. The van der Waals surface area contributed by atoms with Crippen molar-refractivity contribution in [3.8, 4) is 17.3 Å². The van der Waals surface area contributed by atoms with Gasteiger partial charge in [0, 0.05) is 30.6 Å². The number of ether oxygens (including phenoxy) is 1. The van der Waals surface area contributed by atoms with Gasteiger partial charge in [-0.05, 0) is 48.9 Å². The summed E-state index contributed by atoms with van der Waals surface area (Å²) < 4.78 is 20.4. The maximum Gasteiger partial charge on any atom is 0.412 e. The van der Waals surface area contributed by atoms with E-state index < -0.39 is 17.8 Å². The van der Waals surface area contributed by atoms with Gasteiger partial charge in [-0.3, -0.25) is 14.5 Å². The summed E-state index contributed by atoms with van der Waals surface area (Å²) in [5.41, 5.74) is 3.55. The Balaban J connectivity index is 1.69. The van der Waals surface area contributed by atoms with Crippen molar-refractivity contribution in [2.45, 2.75) is 6.92 Å². The normalized spacial score (nSPS) is 10.6. The molecule has 0 bridgehead atoms. The average Bonchev–Trinajstić information content (AvgIpc) is 3.28. The highest BCUT2D eigenvalue weighted by Crippen LogP contribution is 2.27. The minimum Gasteiger partial charge on any atom is -0.453 e. The summed E-state index contributed by atoms with van der Waals surface area (Å²) in [4.78, 5) is 34.4. The lowest BCUT2D eigenvalue weighted by molar-refractivity contribution is 0.0992. The highest BCUT2D eigenvalue weighted by Gasteiger charge is 2.18. The van der Waals surface area contributed by atoms with Crippen molar-refractivity contribution in [2.75, 3.05) is 24.4 Å². The molecular formula is C24H19FN6O3. The van der Waals surface area contributed by atoms with E-state index in [1.54, 1.807) is 43.8 Å². The Hall–Kier alpha value is -4.78. The minimum atomic E-state index is -0.747. The van der Waals surface area contributed by atoms with Gasteiger partial charge in [-0.2, -0.15) is 5.26 Å². The van der Waals surface area contributed by atoms with E-state index in [0.717, 1.165) is 22.9 Å². The molecule has 0 spiro atoms. The van der Waals surface area contributed by atoms with Gasteiger partial charge in [-0.15, -0.1) is 0 Å². The molecule has 170 valence electrons. The molecule has 0 atom stereocenters. The van der Waals surface area contributed by atoms with Gasteiger partial charge in [0.2, 0.25) is 0 Å². The van der Waals surface area contributed by atoms with E-state index in [1.165, 1.54) is 24.1 Å². The maximum atomic E-state index is 14.0. The lowest BCUT2D eigenvalue weighted by Gasteiger charge is -2.19. The van der Waals surface area contributed by atoms with Gasteiger partial charge in [0.1, 0.15) is 23.4 Å². The Labute approximate surface area is 194 Å². The van der Waals surface area contributed by atoms with Gasteiger partial charge < -0.3 is 9.64 Å². The zero-order chi connectivity index (χ0) is 24.4. The molecule has 0 aliphatic carbocycles. The van der Waals surface area contributed by atoms with Gasteiger partial charge in [0.25, 0.3) is 5.91 Å². The number of halogens is 1. The van der Waals surface area contributed by atoms with Crippen molar-refractivity contribution in [3.63, 3.8) is 0 Å². The molecule has 3 heterocycles. The van der Waals surface area contributed by atoms with Crippen LogP contribution in [0.15, 0.2) is 55.0 Å². The van der Waals surface area contributed by atoms with Crippen molar-refractivity contribution in [3.05, 3.63) is 77.5 Å². The molecule has 0 unspecified atom stereocenters. The number of fused-ring (bicyclic) bond motifs is 1. The van der Waals surface area contributed by atoms with Crippen LogP contribution in [0.5, 0.6) is 0 Å². The number of anilines is 2. The van der Waals surface area contributed by atoms with E-state index in [2.05, 4.69) is 20.0 Å². The number of amides is 2. The highest BCUT2D eigenvalue weighted by atomic mass is 19.1. The van der Waals surface area contributed by atoms with Gasteiger partial charge in [0.15, 0.2) is 0 Å². The zero-order valence-electron chi connectivity index (χ0n) is 18.5. The van der Waals surface area contributed by atoms with E-state index in [4.69, 9.17) is 5.26 Å². The number of imidazole rings is 1. The van der Waals surface area contributed by atoms with Crippen molar-refractivity contribution >= 4 is 29.2 Å². The van der Waals surface area contributed by atoms with Gasteiger partial charge in [0.05, 0.1) is 30.3 Å². The number of nitrogens with zero attached hydrogens (tertiary/aromatic N) is 5. The quantitative estimate of drug-likeness (QED) is 0.491. The third-order valence-corrected chi connectivity index (χ3v) is 5.28. The third-order valence-electron chi connectivity index (χ3n) is 5.28. The first-order chi connectivity index (χ1) is 16.3. The van der Waals surface area contributed by atoms with Crippen LogP contribution in [-0.4, -0.2) is 40.5 Å². The molecule has 4 aromatic rings. The lowest BCUT2D eigenvalue weighted by Crippen LogP contribution is -2.26. The predicted molar refractivity (Wildman–Crippen MR) is 123 cm³/mol. The molecule has 4 rings (SSSR count). The summed E-state index contributed by atoms with van der Waals surface area (Å²) in [6.45, 7) is 1.87. The number of benzene rings is 1. The van der Waals surface area contributed by atoms with Crippen LogP contribution in [0.2, 0.25) is 0 Å². The van der Waals surface area contributed by atoms with Gasteiger partial charge in [-0.1, -0.05) is 0 Å². The van der Waals surface area contributed by atoms with Crippen molar-refractivity contribution < 1.29 is 18.7 Å². The largest absolute Gasteiger partial charge is 0.453 e. The predicted octanol–water partition coefficient (Wildman–Crippen LogP) is 4.17. The van der Waals surface area contributed by atoms with Crippen LogP contribution in [0.4, 0.5) is 20.7 Å². The zero-order valence-corrected chi connectivity index (χ0v) is 18.5. The van der Waals surface area contributed by atoms with Crippen LogP contribution in [0, 0.1) is 24.1 Å². The van der Waals surface area contributed by atoms with Gasteiger partial charge in [-0.25, -0.2) is 19.2 Å². The Kier molecular flexibility index (Phi) is 5.93. The maximum absolute atomic E-state index is 14.0. The van der Waals surface area contributed by atoms with E-state index in [-0.39, 0.29) is 11.1 Å². The fourth-order valence-corrected chi connectivity index (χ4v) is 3.46. The van der Waals surface area contributed by atoms with Crippen LogP contribution >= 0.6 is 0 Å². The number of nitriles is 1. The molecule has 0 aliphatic heterocycles. The first-order valence-electron chi connectivity index (χ1n) is 10.1. The smallest absolute Gasteiger partial charge is 0.412 e. The fraction of sp³-hybridized carbons (Fsp3) is 0.125. The first-order valence-corrected chi connectivity index (χ1v) is 10.1. The van der Waals surface area contributed by atoms with Crippen LogP contribution in [0.1, 0.15) is 21.5 Å². The Morgan fingerprint density at radius 2 is 1.97 bits per heavy atom. The number of hydrogen-bond acceptors (Lipinski definition) is 6. The van der Waals surface area contributed by atoms with E-state index in [9.17, 15) is 14.0 Å². The summed E-state index contributed by atoms with van der Waals surface area (Å²) in [5, 5.41) is 11.4. The molecule has 0 saturated carbocycles. The molecule has 0 aliphatic rings. The first kappa shape index (κ1) is 22.4. The van der Waals surface area contributed by atoms with E-state index >= 15 is 0 Å². The number of rotatable bonds is 4. The molecule has 9 nitrogen and oxygen atoms in total. The number of carbonyl (C=O) groups excluding carboxylic acids is 2. The molecule has 34 heavy (non-hydrogen) atoms. The SMILES string of the molecule is COC(=O)Nc1ccc(-c2cnc3c(C)cc(N(C)C(=O)c4ccc(C#N)c(F)c4)cn23)cn1. The molecule has 0 fully saturated rings. The second-order valence-electron chi connectivity index (χ2n) is 7.44. The monoisotopic (exact) mass is 458 g/mol. The van der Waals surface area contributed by atoms with Crippen molar-refractivity contribution in [2.24, 2.45) is 0 Å². The number of methoxy groups -OCH3 is 1. The molecule has 3 aromatic heterocycles.